The molecule has 0 amide bonds. The lowest BCUT2D eigenvalue weighted by molar-refractivity contribution is 0.604. The van der Waals surface area contributed by atoms with E-state index >= 15 is 0 Å². The minimum Gasteiger partial charge on any atom is -0.602 e. The Kier molecular flexibility index (Phi) is 2.96. The second-order valence-corrected chi connectivity index (χ2v) is 3.23. The zero-order chi connectivity index (χ0) is 8.10. The zero-order valence-electron chi connectivity index (χ0n) is 5.86. The molecule has 0 aliphatic rings. The molecule has 1 rings (SSSR count). The van der Waals surface area contributed by atoms with Crippen molar-refractivity contribution in [2.75, 3.05) is 0 Å². The number of benzene rings is 1. The van der Waals surface area contributed by atoms with Crippen LogP contribution in [0.4, 0.5) is 0 Å². The molecule has 0 N–H and O–H groups in total. The van der Waals surface area contributed by atoms with Crippen LogP contribution in [0.15, 0.2) is 30.3 Å². The first-order valence-electron chi connectivity index (χ1n) is 3.15. The van der Waals surface area contributed by atoms with Gasteiger partial charge in [-0.25, -0.2) is 0 Å². The highest BCUT2D eigenvalue weighted by molar-refractivity contribution is 7.95. The second kappa shape index (κ2) is 4.02. The fourth-order valence-electron chi connectivity index (χ4n) is 0.758. The largest absolute Gasteiger partial charge is 0.602 e. The quantitative estimate of drug-likeness (QED) is 0.491. The Morgan fingerprint density at radius 1 is 1.36 bits per heavy atom. The first-order chi connectivity index (χ1) is 5.33. The van der Waals surface area contributed by atoms with E-state index in [0.717, 1.165) is 5.56 Å². The summed E-state index contributed by atoms with van der Waals surface area (Å²) in [4.78, 5) is 0. The van der Waals surface area contributed by atoms with Crippen LogP contribution in [0.5, 0.6) is 0 Å². The molecule has 1 atom stereocenters. The summed E-state index contributed by atoms with van der Waals surface area (Å²) in [6.07, 6.45) is 0. The highest BCUT2D eigenvalue weighted by atomic mass is 32.2. The molecule has 0 saturated heterocycles. The molecule has 0 heterocycles. The molecule has 0 aromatic heterocycles. The van der Waals surface area contributed by atoms with E-state index in [4.69, 9.17) is 5.26 Å². The van der Waals surface area contributed by atoms with Crippen LogP contribution in [0.25, 0.3) is 0 Å². The van der Waals surface area contributed by atoms with Crippen molar-refractivity contribution in [3.8, 4) is 5.40 Å². The fourth-order valence-corrected chi connectivity index (χ4v) is 1.32. The number of hydrogen-bond donors (Lipinski definition) is 0. The van der Waals surface area contributed by atoms with Crippen molar-refractivity contribution in [3.05, 3.63) is 35.9 Å². The van der Waals surface area contributed by atoms with Gasteiger partial charge in [0.15, 0.2) is 0 Å². The van der Waals surface area contributed by atoms with E-state index in [1.54, 1.807) is 5.40 Å². The van der Waals surface area contributed by atoms with Gasteiger partial charge < -0.3 is 4.55 Å². The van der Waals surface area contributed by atoms with Crippen molar-refractivity contribution in [2.45, 2.75) is 5.75 Å². The minimum absolute atomic E-state index is 0.331. The molecule has 0 saturated carbocycles. The molecule has 0 aliphatic carbocycles. The molecule has 0 aliphatic heterocycles. The van der Waals surface area contributed by atoms with Gasteiger partial charge in [0.25, 0.3) is 0 Å². The maximum absolute atomic E-state index is 10.7. The second-order valence-electron chi connectivity index (χ2n) is 2.07. The number of hydrogen-bond acceptors (Lipinski definition) is 2. The van der Waals surface area contributed by atoms with Gasteiger partial charge in [0.1, 0.15) is 5.75 Å². The Morgan fingerprint density at radius 3 is 2.55 bits per heavy atom. The molecule has 0 unspecified atom stereocenters. The lowest BCUT2D eigenvalue weighted by Crippen LogP contribution is -1.99. The third kappa shape index (κ3) is 2.62. The van der Waals surface area contributed by atoms with Crippen LogP contribution in [0.3, 0.4) is 0 Å². The molecule has 0 radical (unpaired) electrons. The number of nitrogens with zero attached hydrogens (tertiary/aromatic N) is 1. The van der Waals surface area contributed by atoms with E-state index in [1.807, 2.05) is 30.3 Å². The summed E-state index contributed by atoms with van der Waals surface area (Å²) < 4.78 is 10.7. The van der Waals surface area contributed by atoms with Crippen LogP contribution in [-0.4, -0.2) is 4.55 Å². The Labute approximate surface area is 68.6 Å². The maximum atomic E-state index is 10.7. The van der Waals surface area contributed by atoms with Crippen molar-refractivity contribution in [3.63, 3.8) is 0 Å². The predicted molar refractivity (Wildman–Crippen MR) is 43.9 cm³/mol. The van der Waals surface area contributed by atoms with Gasteiger partial charge in [-0.2, -0.15) is 0 Å². The van der Waals surface area contributed by atoms with Crippen LogP contribution in [-0.2, 0) is 16.9 Å². The lowest BCUT2D eigenvalue weighted by Gasteiger charge is -1.98. The number of thiocyanates is 1. The van der Waals surface area contributed by atoms with Gasteiger partial charge in [-0.15, -0.1) is 5.26 Å². The van der Waals surface area contributed by atoms with Gasteiger partial charge in [0.2, 0.25) is 0 Å². The molecular weight excluding hydrogens is 158 g/mol. The topological polar surface area (TPSA) is 46.8 Å². The normalized spacial score (nSPS) is 12.0. The van der Waals surface area contributed by atoms with E-state index in [-0.39, 0.29) is 0 Å². The third-order valence-corrected chi connectivity index (χ3v) is 2.04. The third-order valence-electron chi connectivity index (χ3n) is 1.24. The molecule has 0 fully saturated rings. The smallest absolute Gasteiger partial charge is 0.317 e. The molecule has 0 spiro atoms. The van der Waals surface area contributed by atoms with E-state index in [9.17, 15) is 4.55 Å². The zero-order valence-corrected chi connectivity index (χ0v) is 6.67. The molecule has 11 heavy (non-hydrogen) atoms. The maximum Gasteiger partial charge on any atom is 0.317 e. The summed E-state index contributed by atoms with van der Waals surface area (Å²) >= 11 is -1.37. The van der Waals surface area contributed by atoms with Crippen molar-refractivity contribution >= 4 is 11.2 Å². The summed E-state index contributed by atoms with van der Waals surface area (Å²) in [7, 11) is 0. The van der Waals surface area contributed by atoms with Gasteiger partial charge in [0, 0.05) is 5.56 Å². The standard InChI is InChI=1S/C8H7NOS/c9-7-11(10)6-8-4-2-1-3-5-8/h1-5H,6H2/t11-/m1/s1. The van der Waals surface area contributed by atoms with Crippen LogP contribution >= 0.6 is 0 Å². The van der Waals surface area contributed by atoms with E-state index < -0.39 is 11.2 Å². The summed E-state index contributed by atoms with van der Waals surface area (Å²) in [5, 5.41) is 9.93. The lowest BCUT2D eigenvalue weighted by atomic mass is 10.2. The summed E-state index contributed by atoms with van der Waals surface area (Å²) in [6.45, 7) is 0. The van der Waals surface area contributed by atoms with Gasteiger partial charge >= 0.3 is 5.40 Å². The Balaban J connectivity index is 2.60. The van der Waals surface area contributed by atoms with Gasteiger partial charge in [0.05, 0.1) is 11.2 Å². The average molecular weight is 165 g/mol. The SMILES string of the molecule is N#C[S@+]([O-])Cc1ccccc1. The predicted octanol–water partition coefficient (Wildman–Crippen LogP) is 1.42. The summed E-state index contributed by atoms with van der Waals surface area (Å²) in [5.74, 6) is 0.331. The summed E-state index contributed by atoms with van der Waals surface area (Å²) in [6, 6.07) is 9.33. The highest BCUT2D eigenvalue weighted by Gasteiger charge is 2.04. The molecule has 0 bridgehead atoms. The molecule has 1 aromatic carbocycles. The van der Waals surface area contributed by atoms with Crippen molar-refractivity contribution in [1.29, 1.82) is 5.26 Å². The molecule has 1 aromatic rings. The van der Waals surface area contributed by atoms with Gasteiger partial charge in [-0.1, -0.05) is 30.3 Å². The Hall–Kier alpha value is -0.980. The van der Waals surface area contributed by atoms with Crippen molar-refractivity contribution in [2.24, 2.45) is 0 Å². The minimum atomic E-state index is -1.37. The van der Waals surface area contributed by atoms with E-state index in [2.05, 4.69) is 0 Å². The first-order valence-corrected chi connectivity index (χ1v) is 4.47. The van der Waals surface area contributed by atoms with Crippen LogP contribution in [0.2, 0.25) is 0 Å². The van der Waals surface area contributed by atoms with Gasteiger partial charge in [-0.05, 0) is 0 Å². The van der Waals surface area contributed by atoms with Crippen molar-refractivity contribution in [1.82, 2.24) is 0 Å². The first kappa shape index (κ1) is 8.12. The fraction of sp³-hybridized carbons (Fsp3) is 0.125. The van der Waals surface area contributed by atoms with E-state index in [1.165, 1.54) is 0 Å². The van der Waals surface area contributed by atoms with Crippen LogP contribution in [0, 0.1) is 10.7 Å². The molecular formula is C8H7NOS. The van der Waals surface area contributed by atoms with Crippen molar-refractivity contribution < 1.29 is 4.55 Å². The molecule has 56 valence electrons. The van der Waals surface area contributed by atoms with Crippen LogP contribution in [0.1, 0.15) is 5.56 Å². The monoisotopic (exact) mass is 165 g/mol. The number of rotatable bonds is 2. The summed E-state index contributed by atoms with van der Waals surface area (Å²) in [5.41, 5.74) is 0.937. The van der Waals surface area contributed by atoms with E-state index in [0.29, 0.717) is 5.75 Å². The van der Waals surface area contributed by atoms with Gasteiger partial charge in [-0.3, -0.25) is 0 Å². The van der Waals surface area contributed by atoms with Crippen LogP contribution < -0.4 is 0 Å². The molecule has 3 heteroatoms. The average Bonchev–Trinajstić information content (AvgIpc) is 2.06. The Bertz CT molecular complexity index is 255. The number of nitriles is 1. The molecule has 2 nitrogen and oxygen atoms in total. The Morgan fingerprint density at radius 2 is 2.00 bits per heavy atom. The highest BCUT2D eigenvalue weighted by Crippen LogP contribution is 2.04.